The maximum atomic E-state index is 9.27. The summed E-state index contributed by atoms with van der Waals surface area (Å²) in [7, 11) is 0. The average Bonchev–Trinajstić information content (AvgIpc) is 2.62. The summed E-state index contributed by atoms with van der Waals surface area (Å²) < 4.78 is 5.27. The second kappa shape index (κ2) is 5.58. The zero-order valence-electron chi connectivity index (χ0n) is 8.51. The topological polar surface area (TPSA) is 41.5 Å². The number of ether oxygens (including phenoxy) is 1. The lowest BCUT2D eigenvalue weighted by atomic mass is 9.93. The zero-order chi connectivity index (χ0) is 9.57. The summed E-state index contributed by atoms with van der Waals surface area (Å²) in [6, 6.07) is 0. The van der Waals surface area contributed by atoms with Gasteiger partial charge >= 0.3 is 0 Å². The van der Waals surface area contributed by atoms with Crippen LogP contribution in [0.5, 0.6) is 0 Å². The van der Waals surface area contributed by atoms with Crippen LogP contribution in [0.15, 0.2) is 0 Å². The first-order valence-corrected chi connectivity index (χ1v) is 5.26. The Bertz CT molecular complexity index is 133. The van der Waals surface area contributed by atoms with Crippen LogP contribution in [-0.2, 0) is 4.74 Å². The van der Waals surface area contributed by atoms with Gasteiger partial charge in [0.1, 0.15) is 0 Å². The van der Waals surface area contributed by atoms with Gasteiger partial charge in [-0.25, -0.2) is 0 Å². The van der Waals surface area contributed by atoms with E-state index in [4.69, 9.17) is 4.74 Å². The Kier molecular flexibility index (Phi) is 4.70. The van der Waals surface area contributed by atoms with Gasteiger partial charge in [0.05, 0.1) is 6.61 Å². The van der Waals surface area contributed by atoms with Crippen LogP contribution in [-0.4, -0.2) is 37.0 Å². The second-order valence-corrected chi connectivity index (χ2v) is 3.77. The highest BCUT2D eigenvalue weighted by Gasteiger charge is 2.31. The molecule has 0 bridgehead atoms. The van der Waals surface area contributed by atoms with Crippen molar-refractivity contribution in [3.63, 3.8) is 0 Å². The van der Waals surface area contributed by atoms with E-state index in [0.717, 1.165) is 39.0 Å². The highest BCUT2D eigenvalue weighted by Crippen LogP contribution is 2.23. The third kappa shape index (κ3) is 3.25. The molecule has 0 saturated carbocycles. The maximum Gasteiger partial charge on any atom is 0.0613 e. The Balaban J connectivity index is 2.16. The fourth-order valence-corrected chi connectivity index (χ4v) is 1.95. The predicted octanol–water partition coefficient (Wildman–Crippen LogP) is 0.918. The van der Waals surface area contributed by atoms with E-state index in [9.17, 15) is 5.11 Å². The van der Waals surface area contributed by atoms with Crippen molar-refractivity contribution in [3.05, 3.63) is 0 Å². The van der Waals surface area contributed by atoms with Crippen LogP contribution in [0, 0.1) is 0 Å². The minimum atomic E-state index is 0.0110. The molecule has 1 heterocycles. The van der Waals surface area contributed by atoms with Gasteiger partial charge in [-0.3, -0.25) is 0 Å². The van der Waals surface area contributed by atoms with Crippen molar-refractivity contribution < 1.29 is 9.84 Å². The predicted molar refractivity (Wildman–Crippen MR) is 52.8 cm³/mol. The molecule has 1 saturated heterocycles. The van der Waals surface area contributed by atoms with Gasteiger partial charge in [-0.2, -0.15) is 0 Å². The molecule has 0 amide bonds. The molecular formula is C10H21NO2. The summed E-state index contributed by atoms with van der Waals surface area (Å²) in [5, 5.41) is 12.7. The molecule has 3 nitrogen and oxygen atoms in total. The molecule has 1 unspecified atom stereocenters. The largest absolute Gasteiger partial charge is 0.394 e. The van der Waals surface area contributed by atoms with E-state index in [0.29, 0.717) is 0 Å². The van der Waals surface area contributed by atoms with Crippen molar-refractivity contribution >= 4 is 0 Å². The lowest BCUT2D eigenvalue weighted by molar-refractivity contribution is 0.119. The normalized spacial score (nSPS) is 28.2. The van der Waals surface area contributed by atoms with Crippen molar-refractivity contribution in [2.45, 2.75) is 38.1 Å². The smallest absolute Gasteiger partial charge is 0.0613 e. The van der Waals surface area contributed by atoms with E-state index in [1.54, 1.807) is 0 Å². The molecule has 2 N–H and O–H groups in total. The monoisotopic (exact) mass is 187 g/mol. The molecule has 0 spiro atoms. The van der Waals surface area contributed by atoms with Crippen molar-refractivity contribution in [2.75, 3.05) is 26.4 Å². The maximum absolute atomic E-state index is 9.27. The van der Waals surface area contributed by atoms with Gasteiger partial charge in [0.25, 0.3) is 0 Å². The van der Waals surface area contributed by atoms with Crippen LogP contribution in [0.4, 0.5) is 0 Å². The molecule has 1 aliphatic rings. The molecule has 0 aliphatic carbocycles. The third-order valence-electron chi connectivity index (χ3n) is 2.78. The Morgan fingerprint density at radius 2 is 2.38 bits per heavy atom. The molecule has 0 radical (unpaired) electrons. The number of hydrogen-bond acceptors (Lipinski definition) is 3. The van der Waals surface area contributed by atoms with E-state index in [2.05, 4.69) is 5.32 Å². The van der Waals surface area contributed by atoms with Gasteiger partial charge in [-0.05, 0) is 39.2 Å². The van der Waals surface area contributed by atoms with Crippen molar-refractivity contribution in [1.29, 1.82) is 0 Å². The SMILES string of the molecule is CCOCCCC1(CO)CCCN1. The minimum absolute atomic E-state index is 0.0110. The van der Waals surface area contributed by atoms with Crippen LogP contribution < -0.4 is 5.32 Å². The number of aliphatic hydroxyl groups is 1. The van der Waals surface area contributed by atoms with Crippen LogP contribution in [0.1, 0.15) is 32.6 Å². The Morgan fingerprint density at radius 1 is 1.54 bits per heavy atom. The number of nitrogens with one attached hydrogen (secondary N) is 1. The van der Waals surface area contributed by atoms with Gasteiger partial charge in [-0.15, -0.1) is 0 Å². The standard InChI is InChI=1S/C10H21NO2/c1-2-13-8-4-6-10(9-12)5-3-7-11-10/h11-12H,2-9H2,1H3. The average molecular weight is 187 g/mol. The van der Waals surface area contributed by atoms with E-state index in [1.807, 2.05) is 6.92 Å². The number of hydrogen-bond donors (Lipinski definition) is 2. The van der Waals surface area contributed by atoms with Crippen molar-refractivity contribution in [3.8, 4) is 0 Å². The molecule has 0 aromatic heterocycles. The Morgan fingerprint density at radius 3 is 2.92 bits per heavy atom. The molecule has 1 atom stereocenters. The minimum Gasteiger partial charge on any atom is -0.394 e. The molecule has 0 aromatic carbocycles. The van der Waals surface area contributed by atoms with Crippen molar-refractivity contribution in [1.82, 2.24) is 5.32 Å². The molecule has 3 heteroatoms. The summed E-state index contributed by atoms with van der Waals surface area (Å²) in [4.78, 5) is 0. The van der Waals surface area contributed by atoms with Crippen molar-refractivity contribution in [2.24, 2.45) is 0 Å². The second-order valence-electron chi connectivity index (χ2n) is 3.77. The lowest BCUT2D eigenvalue weighted by Crippen LogP contribution is -2.43. The molecule has 1 aliphatic heterocycles. The van der Waals surface area contributed by atoms with Crippen LogP contribution >= 0.6 is 0 Å². The Hall–Kier alpha value is -0.120. The molecule has 13 heavy (non-hydrogen) atoms. The van der Waals surface area contributed by atoms with E-state index >= 15 is 0 Å². The highest BCUT2D eigenvalue weighted by atomic mass is 16.5. The summed E-state index contributed by atoms with van der Waals surface area (Å²) >= 11 is 0. The molecular weight excluding hydrogens is 166 g/mol. The van der Waals surface area contributed by atoms with Gasteiger partial charge < -0.3 is 15.2 Å². The molecule has 1 fully saturated rings. The molecule has 78 valence electrons. The number of rotatable bonds is 6. The summed E-state index contributed by atoms with van der Waals surface area (Å²) in [5.74, 6) is 0. The lowest BCUT2D eigenvalue weighted by Gasteiger charge is -2.26. The quantitative estimate of drug-likeness (QED) is 0.607. The molecule has 1 rings (SSSR count). The summed E-state index contributed by atoms with van der Waals surface area (Å²) in [6.45, 7) is 4.93. The van der Waals surface area contributed by atoms with Gasteiger partial charge in [0, 0.05) is 18.8 Å². The number of aliphatic hydroxyl groups excluding tert-OH is 1. The fraction of sp³-hybridized carbons (Fsp3) is 1.00. The van der Waals surface area contributed by atoms with Crippen LogP contribution in [0.2, 0.25) is 0 Å². The van der Waals surface area contributed by atoms with Gasteiger partial charge in [-0.1, -0.05) is 0 Å². The van der Waals surface area contributed by atoms with E-state index in [-0.39, 0.29) is 12.1 Å². The molecule has 0 aromatic rings. The van der Waals surface area contributed by atoms with E-state index in [1.165, 1.54) is 6.42 Å². The van der Waals surface area contributed by atoms with Crippen LogP contribution in [0.3, 0.4) is 0 Å². The van der Waals surface area contributed by atoms with Gasteiger partial charge in [0.15, 0.2) is 0 Å². The zero-order valence-corrected chi connectivity index (χ0v) is 8.51. The first kappa shape index (κ1) is 11.0. The first-order valence-electron chi connectivity index (χ1n) is 5.26. The summed E-state index contributed by atoms with van der Waals surface area (Å²) in [6.07, 6.45) is 4.37. The third-order valence-corrected chi connectivity index (χ3v) is 2.78. The van der Waals surface area contributed by atoms with E-state index < -0.39 is 0 Å². The Labute approximate surface area is 80.5 Å². The fourth-order valence-electron chi connectivity index (χ4n) is 1.95. The van der Waals surface area contributed by atoms with Crippen LogP contribution in [0.25, 0.3) is 0 Å². The first-order chi connectivity index (χ1) is 6.33. The highest BCUT2D eigenvalue weighted by molar-refractivity contribution is 4.92. The van der Waals surface area contributed by atoms with Gasteiger partial charge in [0.2, 0.25) is 0 Å². The summed E-state index contributed by atoms with van der Waals surface area (Å²) in [5.41, 5.74) is 0.0110.